The molecule has 2 aromatic carbocycles. The monoisotopic (exact) mass is 594 g/mol. The van der Waals surface area contributed by atoms with E-state index in [1.54, 1.807) is 19.0 Å². The first-order valence-corrected chi connectivity index (χ1v) is 15.2. The van der Waals surface area contributed by atoms with Gasteiger partial charge in [0.05, 0.1) is 18.0 Å². The van der Waals surface area contributed by atoms with Gasteiger partial charge < -0.3 is 20.9 Å². The number of nitriles is 1. The number of fused-ring (bicyclic) bond motifs is 3. The summed E-state index contributed by atoms with van der Waals surface area (Å²) >= 11 is 0. The SMILES string of the molecule is CNC(=O)c1ccc2c(c1)CCc1cc(C(=O)NC)ccc1C2(C[C@H](C)NCC(=O)N1[C@H](C#N)C[C@@H]2C[C@@H]21)c1n[nH]c(C)n1. The highest BCUT2D eigenvalue weighted by molar-refractivity contribution is 5.95. The summed E-state index contributed by atoms with van der Waals surface area (Å²) < 4.78 is 0. The zero-order chi connectivity index (χ0) is 31.2. The fourth-order valence-corrected chi connectivity index (χ4v) is 7.32. The van der Waals surface area contributed by atoms with Crippen molar-refractivity contribution in [1.82, 2.24) is 36.0 Å². The average molecular weight is 595 g/mol. The highest BCUT2D eigenvalue weighted by Gasteiger charge is 2.54. The van der Waals surface area contributed by atoms with Crippen LogP contribution in [0.3, 0.4) is 0 Å². The summed E-state index contributed by atoms with van der Waals surface area (Å²) in [4.78, 5) is 45.3. The molecule has 0 bridgehead atoms. The lowest BCUT2D eigenvalue weighted by molar-refractivity contribution is -0.131. The number of amides is 3. The summed E-state index contributed by atoms with van der Waals surface area (Å²) in [6.45, 7) is 4.03. The Balaban J connectivity index is 1.43. The van der Waals surface area contributed by atoms with Gasteiger partial charge in [-0.2, -0.15) is 10.4 Å². The fraction of sp³-hybridized carbons (Fsp3) is 0.455. The predicted molar refractivity (Wildman–Crippen MR) is 163 cm³/mol. The van der Waals surface area contributed by atoms with E-state index in [4.69, 9.17) is 10.1 Å². The number of likely N-dealkylation sites (tertiary alicyclic amines) is 1. The van der Waals surface area contributed by atoms with Crippen LogP contribution in [0.25, 0.3) is 0 Å². The van der Waals surface area contributed by atoms with Crippen LogP contribution in [-0.2, 0) is 23.1 Å². The third-order valence-corrected chi connectivity index (χ3v) is 9.51. The van der Waals surface area contributed by atoms with Gasteiger partial charge in [0.25, 0.3) is 11.8 Å². The summed E-state index contributed by atoms with van der Waals surface area (Å²) in [5.41, 5.74) is 4.26. The first-order valence-electron chi connectivity index (χ1n) is 15.2. The minimum atomic E-state index is -0.853. The van der Waals surface area contributed by atoms with Crippen LogP contribution in [0.4, 0.5) is 0 Å². The molecule has 0 unspecified atom stereocenters. The lowest BCUT2D eigenvalue weighted by Gasteiger charge is -2.37. The summed E-state index contributed by atoms with van der Waals surface area (Å²) in [6.07, 6.45) is 3.56. The van der Waals surface area contributed by atoms with Crippen LogP contribution in [0.1, 0.15) is 80.8 Å². The van der Waals surface area contributed by atoms with Crippen molar-refractivity contribution in [3.63, 3.8) is 0 Å². The number of aryl methyl sites for hydroxylation is 3. The van der Waals surface area contributed by atoms with Crippen LogP contribution < -0.4 is 16.0 Å². The van der Waals surface area contributed by atoms with Crippen molar-refractivity contribution in [2.24, 2.45) is 5.92 Å². The van der Waals surface area contributed by atoms with E-state index in [-0.39, 0.29) is 42.4 Å². The molecule has 3 aromatic rings. The third kappa shape index (κ3) is 5.03. The molecule has 1 aliphatic heterocycles. The number of carbonyl (C=O) groups excluding carboxylic acids is 3. The van der Waals surface area contributed by atoms with E-state index in [0.29, 0.717) is 48.0 Å². The van der Waals surface area contributed by atoms with E-state index in [1.807, 2.05) is 50.2 Å². The molecule has 0 spiro atoms. The minimum Gasteiger partial charge on any atom is -0.355 e. The van der Waals surface area contributed by atoms with Crippen molar-refractivity contribution in [2.45, 2.75) is 69.5 Å². The number of nitrogens with one attached hydrogen (secondary N) is 4. The number of nitrogens with zero attached hydrogens (tertiary/aromatic N) is 4. The molecule has 228 valence electrons. The lowest BCUT2D eigenvalue weighted by atomic mass is 9.67. The zero-order valence-corrected chi connectivity index (χ0v) is 25.5. The second kappa shape index (κ2) is 11.5. The van der Waals surface area contributed by atoms with Crippen molar-refractivity contribution in [3.8, 4) is 6.07 Å². The van der Waals surface area contributed by atoms with Crippen LogP contribution in [0, 0.1) is 24.2 Å². The maximum absolute atomic E-state index is 13.3. The van der Waals surface area contributed by atoms with Gasteiger partial charge in [-0.15, -0.1) is 0 Å². The van der Waals surface area contributed by atoms with Gasteiger partial charge in [0, 0.05) is 37.3 Å². The largest absolute Gasteiger partial charge is 0.355 e. The molecule has 1 saturated heterocycles. The molecule has 6 rings (SSSR count). The van der Waals surface area contributed by atoms with Crippen LogP contribution in [-0.4, -0.2) is 76.6 Å². The van der Waals surface area contributed by atoms with Crippen LogP contribution >= 0.6 is 0 Å². The molecule has 11 heteroatoms. The molecule has 2 heterocycles. The van der Waals surface area contributed by atoms with Gasteiger partial charge in [0.15, 0.2) is 5.82 Å². The number of aromatic nitrogens is 3. The lowest BCUT2D eigenvalue weighted by Crippen LogP contribution is -2.46. The summed E-state index contributed by atoms with van der Waals surface area (Å²) in [5, 5.41) is 26.2. The number of H-pyrrole nitrogens is 1. The van der Waals surface area contributed by atoms with Gasteiger partial charge in [-0.05, 0) is 98.4 Å². The summed E-state index contributed by atoms with van der Waals surface area (Å²) in [6, 6.07) is 13.5. The maximum atomic E-state index is 13.3. The second-order valence-electron chi connectivity index (χ2n) is 12.3. The smallest absolute Gasteiger partial charge is 0.251 e. The van der Waals surface area contributed by atoms with Gasteiger partial charge >= 0.3 is 0 Å². The highest BCUT2D eigenvalue weighted by atomic mass is 16.2. The molecular formula is C33H38N8O3. The number of hydrogen-bond acceptors (Lipinski definition) is 7. The predicted octanol–water partition coefficient (Wildman–Crippen LogP) is 2.15. The Bertz CT molecular complexity index is 1610. The van der Waals surface area contributed by atoms with E-state index in [1.165, 1.54) is 0 Å². The number of hydrogen-bond donors (Lipinski definition) is 4. The Labute approximate surface area is 256 Å². The second-order valence-corrected chi connectivity index (χ2v) is 12.3. The first-order chi connectivity index (χ1) is 21.2. The van der Waals surface area contributed by atoms with Gasteiger partial charge in [0.2, 0.25) is 5.91 Å². The Kier molecular flexibility index (Phi) is 7.72. The molecule has 3 aliphatic rings. The Morgan fingerprint density at radius 1 is 1.05 bits per heavy atom. The topological polar surface area (TPSA) is 156 Å². The normalized spacial score (nSPS) is 21.6. The van der Waals surface area contributed by atoms with E-state index in [2.05, 4.69) is 27.1 Å². The van der Waals surface area contributed by atoms with Crippen molar-refractivity contribution in [2.75, 3.05) is 20.6 Å². The Morgan fingerprint density at radius 2 is 1.66 bits per heavy atom. The molecule has 11 nitrogen and oxygen atoms in total. The van der Waals surface area contributed by atoms with Gasteiger partial charge in [0.1, 0.15) is 11.9 Å². The van der Waals surface area contributed by atoms with Crippen molar-refractivity contribution < 1.29 is 14.4 Å². The highest BCUT2D eigenvalue weighted by Crippen LogP contribution is 2.48. The van der Waals surface area contributed by atoms with Crippen LogP contribution in [0.2, 0.25) is 0 Å². The maximum Gasteiger partial charge on any atom is 0.251 e. The molecule has 2 aliphatic carbocycles. The average Bonchev–Trinajstić information content (AvgIpc) is 3.53. The standard InChI is InChI=1S/C33H38N8O3/c1-18(37-17-29(42)41-25(16-34)13-24-14-28(24)41)15-33(32-38-19(2)39-40-32)26-9-7-22(30(43)35-3)11-20(26)5-6-21-12-23(31(44)36-4)8-10-27(21)33/h7-12,18,24-25,28,37H,5-6,13-15,17H2,1-4H3,(H,35,43)(H,36,44)(H,38,39,40)/t18-,24+,25-,28-/m0/s1. The number of carbonyl (C=O) groups is 3. The molecule has 44 heavy (non-hydrogen) atoms. The summed E-state index contributed by atoms with van der Waals surface area (Å²) in [5.74, 6) is 1.33. The summed E-state index contributed by atoms with van der Waals surface area (Å²) in [7, 11) is 3.23. The number of piperidine rings is 1. The minimum absolute atomic E-state index is 0.0525. The van der Waals surface area contributed by atoms with E-state index in [0.717, 1.165) is 35.1 Å². The van der Waals surface area contributed by atoms with Gasteiger partial charge in [-0.3, -0.25) is 19.5 Å². The quantitative estimate of drug-likeness (QED) is 0.311. The molecule has 1 saturated carbocycles. The molecular weight excluding hydrogens is 556 g/mol. The number of benzene rings is 2. The van der Waals surface area contributed by atoms with Crippen molar-refractivity contribution >= 4 is 17.7 Å². The van der Waals surface area contributed by atoms with E-state index in [9.17, 15) is 19.6 Å². The zero-order valence-electron chi connectivity index (χ0n) is 25.5. The molecule has 1 aromatic heterocycles. The first kappa shape index (κ1) is 29.5. The number of rotatable bonds is 8. The van der Waals surface area contributed by atoms with Gasteiger partial charge in [-0.25, -0.2) is 4.98 Å². The van der Waals surface area contributed by atoms with Crippen LogP contribution in [0.5, 0.6) is 0 Å². The van der Waals surface area contributed by atoms with Gasteiger partial charge in [-0.1, -0.05) is 12.1 Å². The van der Waals surface area contributed by atoms with Crippen molar-refractivity contribution in [3.05, 3.63) is 81.4 Å². The molecule has 4 atom stereocenters. The van der Waals surface area contributed by atoms with E-state index < -0.39 is 5.41 Å². The Morgan fingerprint density at radius 3 is 2.18 bits per heavy atom. The molecule has 4 N–H and O–H groups in total. The third-order valence-electron chi connectivity index (χ3n) is 9.51. The van der Waals surface area contributed by atoms with Crippen molar-refractivity contribution in [1.29, 1.82) is 5.26 Å². The molecule has 0 radical (unpaired) electrons. The van der Waals surface area contributed by atoms with Crippen LogP contribution in [0.15, 0.2) is 36.4 Å². The Hall–Kier alpha value is -4.56. The van der Waals surface area contributed by atoms with E-state index >= 15 is 0 Å². The molecule has 2 fully saturated rings. The number of aromatic amines is 1. The molecule has 3 amide bonds. The fourth-order valence-electron chi connectivity index (χ4n) is 7.32.